The van der Waals surface area contributed by atoms with E-state index < -0.39 is 17.9 Å². The summed E-state index contributed by atoms with van der Waals surface area (Å²) >= 11 is 0. The van der Waals surface area contributed by atoms with E-state index in [9.17, 15) is 19.8 Å². The maximum Gasteiger partial charge on any atom is 0.326 e. The minimum absolute atomic E-state index is 0.0761. The molecule has 4 aromatic carbocycles. The Morgan fingerprint density at radius 3 is 2.36 bits per heavy atom. The summed E-state index contributed by atoms with van der Waals surface area (Å²) in [5, 5.41) is 19.9. The summed E-state index contributed by atoms with van der Waals surface area (Å²) < 4.78 is 10.8. The third-order valence-corrected chi connectivity index (χ3v) is 6.57. The number of hydrogen-bond donors (Lipinski definition) is 2. The number of nitrogens with zero attached hydrogens (tertiary/aromatic N) is 1. The molecule has 7 nitrogen and oxygen atoms in total. The molecular formula is C32H27NO6. The van der Waals surface area contributed by atoms with E-state index in [-0.39, 0.29) is 25.5 Å². The zero-order valence-electron chi connectivity index (χ0n) is 21.1. The third-order valence-electron chi connectivity index (χ3n) is 6.57. The van der Waals surface area contributed by atoms with Gasteiger partial charge in [0.15, 0.2) is 11.5 Å². The van der Waals surface area contributed by atoms with E-state index in [1.54, 1.807) is 36.4 Å². The molecule has 1 aliphatic rings. The minimum atomic E-state index is -1.15. The monoisotopic (exact) mass is 521 g/mol. The molecule has 1 heterocycles. The Bertz CT molecular complexity index is 1500. The molecule has 0 radical (unpaired) electrons. The second-order valence-electron chi connectivity index (χ2n) is 9.16. The summed E-state index contributed by atoms with van der Waals surface area (Å²) in [5.41, 5.74) is 4.13. The Balaban J connectivity index is 1.49. The van der Waals surface area contributed by atoms with Crippen LogP contribution in [0.1, 0.15) is 16.7 Å². The highest BCUT2D eigenvalue weighted by molar-refractivity contribution is 5.94. The van der Waals surface area contributed by atoms with Crippen molar-refractivity contribution in [2.75, 3.05) is 6.79 Å². The SMILES string of the molecule is O=C(O)[C@H](Cc1ccc(O)cc1)N(Cc1ccccc1-c1ccccc1)C(=O)/C=C/c1ccc2c(c1)OCO2. The average molecular weight is 522 g/mol. The van der Waals surface area contributed by atoms with Crippen LogP contribution in [0.15, 0.2) is 103 Å². The van der Waals surface area contributed by atoms with Crippen LogP contribution in [-0.2, 0) is 22.6 Å². The lowest BCUT2D eigenvalue weighted by atomic mass is 9.98. The second-order valence-corrected chi connectivity index (χ2v) is 9.16. The minimum Gasteiger partial charge on any atom is -0.508 e. The lowest BCUT2D eigenvalue weighted by Crippen LogP contribution is -2.45. The molecule has 4 aromatic rings. The van der Waals surface area contributed by atoms with Crippen LogP contribution in [0.25, 0.3) is 17.2 Å². The van der Waals surface area contributed by atoms with Crippen LogP contribution in [0, 0.1) is 0 Å². The van der Waals surface area contributed by atoms with Crippen molar-refractivity contribution >= 4 is 18.0 Å². The van der Waals surface area contributed by atoms with Crippen LogP contribution in [0.3, 0.4) is 0 Å². The van der Waals surface area contributed by atoms with Crippen molar-refractivity contribution in [3.8, 4) is 28.4 Å². The molecule has 1 amide bonds. The van der Waals surface area contributed by atoms with E-state index in [2.05, 4.69) is 0 Å². The molecule has 0 fully saturated rings. The van der Waals surface area contributed by atoms with Gasteiger partial charge in [-0.05, 0) is 58.2 Å². The summed E-state index contributed by atoms with van der Waals surface area (Å²) in [5.74, 6) is -0.250. The lowest BCUT2D eigenvalue weighted by molar-refractivity contribution is -0.148. The van der Waals surface area contributed by atoms with Crippen molar-refractivity contribution in [2.45, 2.75) is 19.0 Å². The Hall–Kier alpha value is -5.04. The van der Waals surface area contributed by atoms with Gasteiger partial charge in [0.2, 0.25) is 12.7 Å². The number of phenols is 1. The van der Waals surface area contributed by atoms with Gasteiger partial charge in [-0.2, -0.15) is 0 Å². The smallest absolute Gasteiger partial charge is 0.326 e. The zero-order valence-corrected chi connectivity index (χ0v) is 21.1. The third kappa shape index (κ3) is 6.10. The molecule has 0 unspecified atom stereocenters. The molecular weight excluding hydrogens is 494 g/mol. The first kappa shape index (κ1) is 25.6. The van der Waals surface area contributed by atoms with Gasteiger partial charge in [0.25, 0.3) is 0 Å². The molecule has 0 saturated carbocycles. The lowest BCUT2D eigenvalue weighted by Gasteiger charge is -2.29. The van der Waals surface area contributed by atoms with Crippen molar-refractivity contribution < 1.29 is 29.3 Å². The maximum atomic E-state index is 13.7. The van der Waals surface area contributed by atoms with Gasteiger partial charge >= 0.3 is 5.97 Å². The number of hydrogen-bond acceptors (Lipinski definition) is 5. The largest absolute Gasteiger partial charge is 0.508 e. The van der Waals surface area contributed by atoms with Crippen LogP contribution in [0.2, 0.25) is 0 Å². The number of benzene rings is 4. The number of carboxylic acids is 1. The van der Waals surface area contributed by atoms with E-state index in [1.165, 1.54) is 23.1 Å². The highest BCUT2D eigenvalue weighted by Crippen LogP contribution is 2.33. The van der Waals surface area contributed by atoms with Crippen molar-refractivity contribution in [2.24, 2.45) is 0 Å². The van der Waals surface area contributed by atoms with Crippen LogP contribution in [0.4, 0.5) is 0 Å². The Kier molecular flexibility index (Phi) is 7.59. The van der Waals surface area contributed by atoms with E-state index >= 15 is 0 Å². The summed E-state index contributed by atoms with van der Waals surface area (Å²) in [6, 6.07) is 28.0. The standard InChI is InChI=1S/C32H27NO6/c34-26-14-10-22(11-15-26)18-28(32(36)37)33(20-25-8-4-5-9-27(25)24-6-2-1-3-7-24)31(35)17-13-23-12-16-29-30(19-23)39-21-38-29/h1-17,19,28,34H,18,20-21H2,(H,36,37)/b17-13+/t28-/m0/s1. The van der Waals surface area contributed by atoms with Crippen molar-refractivity contribution in [1.29, 1.82) is 0 Å². The molecule has 196 valence electrons. The predicted molar refractivity (Wildman–Crippen MR) is 147 cm³/mol. The van der Waals surface area contributed by atoms with Crippen LogP contribution in [-0.4, -0.2) is 39.8 Å². The number of fused-ring (bicyclic) bond motifs is 1. The van der Waals surface area contributed by atoms with Gasteiger partial charge in [0.1, 0.15) is 11.8 Å². The Morgan fingerprint density at radius 1 is 0.872 bits per heavy atom. The predicted octanol–water partition coefficient (Wildman–Crippen LogP) is 5.53. The topological polar surface area (TPSA) is 96.3 Å². The molecule has 0 bridgehead atoms. The maximum absolute atomic E-state index is 13.7. The van der Waals surface area contributed by atoms with Gasteiger partial charge in [0.05, 0.1) is 0 Å². The molecule has 0 saturated heterocycles. The Labute approximate surface area is 226 Å². The molecule has 0 spiro atoms. The fourth-order valence-corrected chi connectivity index (χ4v) is 4.55. The molecule has 7 heteroatoms. The summed E-state index contributed by atoms with van der Waals surface area (Å²) in [7, 11) is 0. The normalized spacial score (nSPS) is 12.8. The first-order valence-electron chi connectivity index (χ1n) is 12.5. The highest BCUT2D eigenvalue weighted by Gasteiger charge is 2.30. The van der Waals surface area contributed by atoms with Crippen LogP contribution < -0.4 is 9.47 Å². The first-order valence-corrected chi connectivity index (χ1v) is 12.5. The van der Waals surface area contributed by atoms with E-state index in [0.717, 1.165) is 22.3 Å². The fraction of sp³-hybridized carbons (Fsp3) is 0.125. The number of carbonyl (C=O) groups is 2. The number of ether oxygens (including phenoxy) is 2. The number of rotatable bonds is 9. The molecule has 5 rings (SSSR count). The number of aliphatic carboxylic acids is 1. The number of amides is 1. The summed E-state index contributed by atoms with van der Waals surface area (Å²) in [6.45, 7) is 0.234. The highest BCUT2D eigenvalue weighted by atomic mass is 16.7. The van der Waals surface area contributed by atoms with Crippen molar-refractivity contribution in [3.63, 3.8) is 0 Å². The summed E-state index contributed by atoms with van der Waals surface area (Å²) in [4.78, 5) is 27.6. The zero-order chi connectivity index (χ0) is 27.2. The van der Waals surface area contributed by atoms with Gasteiger partial charge in [0, 0.05) is 19.0 Å². The van der Waals surface area contributed by atoms with Gasteiger partial charge in [-0.25, -0.2) is 4.79 Å². The molecule has 0 aromatic heterocycles. The van der Waals surface area contributed by atoms with E-state index in [1.807, 2.05) is 54.6 Å². The Morgan fingerprint density at radius 2 is 1.59 bits per heavy atom. The average Bonchev–Trinajstić information content (AvgIpc) is 3.43. The van der Waals surface area contributed by atoms with Crippen molar-refractivity contribution in [1.82, 2.24) is 4.90 Å². The van der Waals surface area contributed by atoms with E-state index in [4.69, 9.17) is 9.47 Å². The number of phenolic OH excluding ortho intramolecular Hbond substituents is 1. The van der Waals surface area contributed by atoms with Gasteiger partial charge in [-0.15, -0.1) is 0 Å². The number of aromatic hydroxyl groups is 1. The van der Waals surface area contributed by atoms with Crippen molar-refractivity contribution in [3.05, 3.63) is 120 Å². The molecule has 0 aliphatic carbocycles. The number of carboxylic acid groups (broad SMARTS) is 1. The quantitative estimate of drug-likeness (QED) is 0.281. The van der Waals surface area contributed by atoms with Gasteiger partial charge < -0.3 is 24.6 Å². The molecule has 1 aliphatic heterocycles. The second kappa shape index (κ2) is 11.6. The number of carbonyl (C=O) groups excluding carboxylic acids is 1. The van der Waals surface area contributed by atoms with Crippen LogP contribution >= 0.6 is 0 Å². The first-order chi connectivity index (χ1) is 19.0. The van der Waals surface area contributed by atoms with Gasteiger partial charge in [-0.1, -0.05) is 72.8 Å². The molecule has 1 atom stereocenters. The van der Waals surface area contributed by atoms with E-state index in [0.29, 0.717) is 17.1 Å². The fourth-order valence-electron chi connectivity index (χ4n) is 4.55. The molecule has 39 heavy (non-hydrogen) atoms. The van der Waals surface area contributed by atoms with Crippen LogP contribution in [0.5, 0.6) is 17.2 Å². The van der Waals surface area contributed by atoms with Gasteiger partial charge in [-0.3, -0.25) is 4.79 Å². The summed E-state index contributed by atoms with van der Waals surface area (Å²) in [6.07, 6.45) is 3.10. The molecule has 2 N–H and O–H groups in total.